The molecule has 2 N–H and O–H groups in total. The van der Waals surface area contributed by atoms with Crippen molar-refractivity contribution in [3.63, 3.8) is 0 Å². The summed E-state index contributed by atoms with van der Waals surface area (Å²) in [5.41, 5.74) is 5.53. The van der Waals surface area contributed by atoms with Crippen molar-refractivity contribution in [3.8, 4) is 0 Å². The second-order valence-electron chi connectivity index (χ2n) is 4.13. The smallest absolute Gasteiger partial charge is 0.243 e. The van der Waals surface area contributed by atoms with Crippen LogP contribution in [-0.2, 0) is 10.0 Å². The molecule has 2 rings (SSSR count). The van der Waals surface area contributed by atoms with E-state index in [0.29, 0.717) is 0 Å². The third kappa shape index (κ3) is 2.78. The van der Waals surface area contributed by atoms with Gasteiger partial charge >= 0.3 is 0 Å². The van der Waals surface area contributed by atoms with Gasteiger partial charge in [-0.1, -0.05) is 6.07 Å². The number of aromatic nitrogens is 1. The molecule has 0 saturated carbocycles. The summed E-state index contributed by atoms with van der Waals surface area (Å²) in [5, 5.41) is 1.93. The first kappa shape index (κ1) is 14.0. The van der Waals surface area contributed by atoms with Crippen LogP contribution in [-0.4, -0.2) is 24.8 Å². The Morgan fingerprint density at radius 1 is 1.42 bits per heavy atom. The van der Waals surface area contributed by atoms with Crippen LogP contribution in [0.5, 0.6) is 0 Å². The molecule has 2 heterocycles. The fourth-order valence-corrected chi connectivity index (χ4v) is 3.93. The average Bonchev–Trinajstić information content (AvgIpc) is 2.90. The van der Waals surface area contributed by atoms with Gasteiger partial charge in [0.15, 0.2) is 0 Å². The second-order valence-corrected chi connectivity index (χ2v) is 7.11. The lowest BCUT2D eigenvalue weighted by molar-refractivity contribution is 0.403. The van der Waals surface area contributed by atoms with Crippen LogP contribution in [0.1, 0.15) is 17.8 Å². The Morgan fingerprint density at radius 2 is 2.16 bits per heavy atom. The highest BCUT2D eigenvalue weighted by atomic mass is 32.2. The van der Waals surface area contributed by atoms with Crippen molar-refractivity contribution in [1.82, 2.24) is 9.29 Å². The average molecular weight is 297 g/mol. The van der Waals surface area contributed by atoms with Gasteiger partial charge in [0.1, 0.15) is 5.82 Å². The van der Waals surface area contributed by atoms with E-state index in [2.05, 4.69) is 4.98 Å². The molecule has 0 bridgehead atoms. The van der Waals surface area contributed by atoms with E-state index in [-0.39, 0.29) is 16.8 Å². The van der Waals surface area contributed by atoms with E-state index in [0.717, 1.165) is 4.88 Å². The van der Waals surface area contributed by atoms with Crippen LogP contribution < -0.4 is 5.73 Å². The molecule has 1 atom stereocenters. The number of thiophene rings is 1. The molecule has 102 valence electrons. The van der Waals surface area contributed by atoms with Crippen molar-refractivity contribution >= 4 is 27.2 Å². The number of rotatable bonds is 4. The maximum Gasteiger partial charge on any atom is 0.243 e. The zero-order chi connectivity index (χ0) is 14.0. The van der Waals surface area contributed by atoms with E-state index in [1.165, 1.54) is 34.0 Å². The molecule has 0 spiro atoms. The number of hydrogen-bond donors (Lipinski definition) is 1. The first-order valence-electron chi connectivity index (χ1n) is 5.66. The van der Waals surface area contributed by atoms with Crippen LogP contribution in [0.4, 0.5) is 5.82 Å². The first-order valence-corrected chi connectivity index (χ1v) is 7.98. The fourth-order valence-electron chi connectivity index (χ4n) is 1.67. The highest BCUT2D eigenvalue weighted by Crippen LogP contribution is 2.28. The minimum Gasteiger partial charge on any atom is -0.384 e. The molecule has 0 saturated heterocycles. The molecule has 0 radical (unpaired) electrons. The van der Waals surface area contributed by atoms with Crippen LogP contribution in [0.2, 0.25) is 0 Å². The van der Waals surface area contributed by atoms with Crippen LogP contribution in [0.15, 0.2) is 40.7 Å². The summed E-state index contributed by atoms with van der Waals surface area (Å²) in [6, 6.07) is 6.42. The minimum absolute atomic E-state index is 0.158. The summed E-state index contributed by atoms with van der Waals surface area (Å²) in [4.78, 5) is 4.96. The van der Waals surface area contributed by atoms with E-state index in [4.69, 9.17) is 5.73 Å². The monoisotopic (exact) mass is 297 g/mol. The molecule has 19 heavy (non-hydrogen) atoms. The molecule has 0 aliphatic rings. The number of anilines is 1. The number of hydrogen-bond acceptors (Lipinski definition) is 5. The highest BCUT2D eigenvalue weighted by Gasteiger charge is 2.26. The Labute approximate surface area is 116 Å². The lowest BCUT2D eigenvalue weighted by Gasteiger charge is -2.23. The van der Waals surface area contributed by atoms with E-state index in [1.807, 2.05) is 24.4 Å². The Balaban J connectivity index is 2.34. The zero-order valence-corrected chi connectivity index (χ0v) is 12.3. The van der Waals surface area contributed by atoms with E-state index >= 15 is 0 Å². The van der Waals surface area contributed by atoms with Gasteiger partial charge in [-0.2, -0.15) is 4.31 Å². The summed E-state index contributed by atoms with van der Waals surface area (Å²) in [6.45, 7) is 1.86. The molecule has 2 aromatic rings. The van der Waals surface area contributed by atoms with Gasteiger partial charge in [0.2, 0.25) is 10.0 Å². The van der Waals surface area contributed by atoms with Gasteiger partial charge < -0.3 is 5.73 Å². The van der Waals surface area contributed by atoms with Crippen LogP contribution in [0, 0.1) is 0 Å². The molecule has 5 nitrogen and oxygen atoms in total. The van der Waals surface area contributed by atoms with Gasteiger partial charge in [0.25, 0.3) is 0 Å². The number of nitrogens with two attached hydrogens (primary N) is 1. The SMILES string of the molecule is CC(c1cccs1)N(C)S(=O)(=O)c1ccnc(N)c1. The largest absolute Gasteiger partial charge is 0.384 e. The van der Waals surface area contributed by atoms with Crippen molar-refractivity contribution in [1.29, 1.82) is 0 Å². The summed E-state index contributed by atoms with van der Waals surface area (Å²) >= 11 is 1.53. The summed E-state index contributed by atoms with van der Waals surface area (Å²) in [7, 11) is -2.00. The van der Waals surface area contributed by atoms with Crippen LogP contribution in [0.3, 0.4) is 0 Å². The van der Waals surface area contributed by atoms with Crippen molar-refractivity contribution in [2.75, 3.05) is 12.8 Å². The Bertz CT molecular complexity index is 653. The quantitative estimate of drug-likeness (QED) is 0.937. The predicted octanol–water partition coefficient (Wildman–Crippen LogP) is 2.11. The molecule has 7 heteroatoms. The van der Waals surface area contributed by atoms with Crippen molar-refractivity contribution in [2.24, 2.45) is 0 Å². The molecule has 0 aliphatic heterocycles. The third-order valence-electron chi connectivity index (χ3n) is 2.93. The first-order chi connectivity index (χ1) is 8.93. The second kappa shape index (κ2) is 5.28. The lowest BCUT2D eigenvalue weighted by Crippen LogP contribution is -2.29. The van der Waals surface area contributed by atoms with E-state index in [1.54, 1.807) is 7.05 Å². The van der Waals surface area contributed by atoms with Gasteiger partial charge in [-0.05, 0) is 24.4 Å². The summed E-state index contributed by atoms with van der Waals surface area (Å²) in [6.07, 6.45) is 1.39. The standard InChI is InChI=1S/C12H15N3O2S2/c1-9(11-4-3-7-18-11)15(2)19(16,17)10-5-6-14-12(13)8-10/h3-9H,1-2H3,(H2,13,14). The maximum atomic E-state index is 12.5. The third-order valence-corrected chi connectivity index (χ3v) is 5.90. The molecule has 0 amide bonds. The van der Waals surface area contributed by atoms with Gasteiger partial charge in [-0.25, -0.2) is 13.4 Å². The molecule has 2 aromatic heterocycles. The zero-order valence-electron chi connectivity index (χ0n) is 10.6. The minimum atomic E-state index is -3.57. The van der Waals surface area contributed by atoms with Gasteiger partial charge in [-0.3, -0.25) is 0 Å². The fraction of sp³-hybridized carbons (Fsp3) is 0.250. The molecule has 1 unspecified atom stereocenters. The summed E-state index contributed by atoms with van der Waals surface area (Å²) in [5.74, 6) is 0.193. The Morgan fingerprint density at radius 3 is 2.74 bits per heavy atom. The van der Waals surface area contributed by atoms with Crippen LogP contribution >= 0.6 is 11.3 Å². The highest BCUT2D eigenvalue weighted by molar-refractivity contribution is 7.89. The van der Waals surface area contributed by atoms with Crippen molar-refractivity contribution < 1.29 is 8.42 Å². The van der Waals surface area contributed by atoms with E-state index in [9.17, 15) is 8.42 Å². The molecular weight excluding hydrogens is 282 g/mol. The van der Waals surface area contributed by atoms with Crippen molar-refractivity contribution in [3.05, 3.63) is 40.7 Å². The molecule has 0 aromatic carbocycles. The summed E-state index contributed by atoms with van der Waals surface area (Å²) < 4.78 is 26.3. The lowest BCUT2D eigenvalue weighted by atomic mass is 10.3. The maximum absolute atomic E-state index is 12.5. The number of sulfonamides is 1. The molecule has 0 fully saturated rings. The van der Waals surface area contributed by atoms with E-state index < -0.39 is 10.0 Å². The van der Waals surface area contributed by atoms with Gasteiger partial charge in [0, 0.05) is 24.2 Å². The van der Waals surface area contributed by atoms with Gasteiger partial charge in [-0.15, -0.1) is 11.3 Å². The molecule has 0 aliphatic carbocycles. The number of nitrogens with zero attached hydrogens (tertiary/aromatic N) is 2. The molecular formula is C12H15N3O2S2. The van der Waals surface area contributed by atoms with Crippen LogP contribution in [0.25, 0.3) is 0 Å². The number of nitrogen functional groups attached to an aromatic ring is 1. The van der Waals surface area contributed by atoms with Crippen molar-refractivity contribution in [2.45, 2.75) is 17.9 Å². The normalized spacial score (nSPS) is 13.6. The Hall–Kier alpha value is -1.44. The number of pyridine rings is 1. The Kier molecular flexibility index (Phi) is 3.88. The van der Waals surface area contributed by atoms with Gasteiger partial charge in [0.05, 0.1) is 10.9 Å². The predicted molar refractivity (Wildman–Crippen MR) is 76.3 cm³/mol. The topological polar surface area (TPSA) is 76.3 Å².